The van der Waals surface area contributed by atoms with Crippen LogP contribution in [0.15, 0.2) is 0 Å². The zero-order valence-electron chi connectivity index (χ0n) is 10.6. The molecule has 2 heteroatoms. The van der Waals surface area contributed by atoms with Gasteiger partial charge in [0, 0.05) is 18.6 Å². The van der Waals surface area contributed by atoms with Crippen molar-refractivity contribution in [2.45, 2.75) is 64.0 Å². The Hall–Kier alpha value is -0.0800. The Labute approximate surface area is 99.6 Å². The molecule has 0 spiro atoms. The van der Waals surface area contributed by atoms with E-state index in [4.69, 9.17) is 0 Å². The van der Waals surface area contributed by atoms with Crippen LogP contribution in [0, 0.1) is 11.3 Å². The highest BCUT2D eigenvalue weighted by Gasteiger charge is 2.53. The summed E-state index contributed by atoms with van der Waals surface area (Å²) in [5.74, 6) is 1.09. The van der Waals surface area contributed by atoms with Gasteiger partial charge in [-0.05, 0) is 69.7 Å². The third-order valence-corrected chi connectivity index (χ3v) is 4.94. The van der Waals surface area contributed by atoms with Gasteiger partial charge in [0.05, 0.1) is 0 Å². The standard InChI is InChI=1S/C14H26N2/c1-11(9-13-3-2-8-15-13)16-10-14(6-7-14)12-4-5-12/h11-13,15-16H,2-10H2,1H3. The molecular formula is C14H26N2. The van der Waals surface area contributed by atoms with Crippen LogP contribution in [0.1, 0.15) is 51.9 Å². The lowest BCUT2D eigenvalue weighted by Crippen LogP contribution is -2.37. The fraction of sp³-hybridized carbons (Fsp3) is 1.00. The molecule has 0 bridgehead atoms. The van der Waals surface area contributed by atoms with Crippen LogP contribution in [-0.2, 0) is 0 Å². The molecule has 1 heterocycles. The molecule has 2 saturated carbocycles. The Morgan fingerprint density at radius 3 is 2.69 bits per heavy atom. The molecule has 2 aliphatic carbocycles. The second-order valence-corrected chi connectivity index (χ2v) is 6.45. The fourth-order valence-electron chi connectivity index (χ4n) is 3.43. The average molecular weight is 222 g/mol. The summed E-state index contributed by atoms with van der Waals surface area (Å²) in [4.78, 5) is 0. The van der Waals surface area contributed by atoms with E-state index in [0.29, 0.717) is 6.04 Å². The molecule has 2 nitrogen and oxygen atoms in total. The van der Waals surface area contributed by atoms with Gasteiger partial charge in [-0.25, -0.2) is 0 Å². The van der Waals surface area contributed by atoms with E-state index in [1.807, 2.05) is 0 Å². The molecule has 2 unspecified atom stereocenters. The molecule has 0 aromatic rings. The first-order valence-corrected chi connectivity index (χ1v) is 7.25. The summed E-state index contributed by atoms with van der Waals surface area (Å²) in [6.45, 7) is 4.90. The van der Waals surface area contributed by atoms with Crippen molar-refractivity contribution in [3.63, 3.8) is 0 Å². The van der Waals surface area contributed by atoms with Gasteiger partial charge in [-0.1, -0.05) is 0 Å². The van der Waals surface area contributed by atoms with Gasteiger partial charge in [0.2, 0.25) is 0 Å². The molecule has 1 aliphatic heterocycles. The van der Waals surface area contributed by atoms with Crippen molar-refractivity contribution in [3.8, 4) is 0 Å². The van der Waals surface area contributed by atoms with Crippen molar-refractivity contribution in [2.24, 2.45) is 11.3 Å². The van der Waals surface area contributed by atoms with E-state index >= 15 is 0 Å². The zero-order valence-corrected chi connectivity index (χ0v) is 10.6. The maximum atomic E-state index is 3.79. The number of rotatable bonds is 6. The van der Waals surface area contributed by atoms with Crippen LogP contribution in [-0.4, -0.2) is 25.2 Å². The predicted molar refractivity (Wildman–Crippen MR) is 67.5 cm³/mol. The Morgan fingerprint density at radius 1 is 1.31 bits per heavy atom. The number of hydrogen-bond acceptors (Lipinski definition) is 2. The summed E-state index contributed by atoms with van der Waals surface area (Å²) in [5.41, 5.74) is 0.761. The van der Waals surface area contributed by atoms with Crippen molar-refractivity contribution in [1.82, 2.24) is 10.6 Å². The van der Waals surface area contributed by atoms with Crippen LogP contribution in [0.3, 0.4) is 0 Å². The van der Waals surface area contributed by atoms with Gasteiger partial charge >= 0.3 is 0 Å². The monoisotopic (exact) mass is 222 g/mol. The lowest BCUT2D eigenvalue weighted by Gasteiger charge is -2.22. The van der Waals surface area contributed by atoms with Crippen molar-refractivity contribution in [1.29, 1.82) is 0 Å². The second-order valence-electron chi connectivity index (χ2n) is 6.45. The maximum Gasteiger partial charge on any atom is 0.00822 e. The van der Waals surface area contributed by atoms with Crippen LogP contribution >= 0.6 is 0 Å². The van der Waals surface area contributed by atoms with Crippen molar-refractivity contribution < 1.29 is 0 Å². The zero-order chi connectivity index (χ0) is 11.0. The van der Waals surface area contributed by atoms with E-state index in [1.54, 1.807) is 0 Å². The minimum absolute atomic E-state index is 0.701. The molecule has 0 radical (unpaired) electrons. The van der Waals surface area contributed by atoms with Gasteiger partial charge in [-0.15, -0.1) is 0 Å². The topological polar surface area (TPSA) is 24.1 Å². The molecule has 0 aromatic heterocycles. The molecule has 3 aliphatic rings. The summed E-state index contributed by atoms with van der Waals surface area (Å²) < 4.78 is 0. The van der Waals surface area contributed by atoms with E-state index in [-0.39, 0.29) is 0 Å². The van der Waals surface area contributed by atoms with Crippen LogP contribution in [0.2, 0.25) is 0 Å². The maximum absolute atomic E-state index is 3.79. The summed E-state index contributed by atoms with van der Waals surface area (Å²) in [5, 5.41) is 7.39. The van der Waals surface area contributed by atoms with Gasteiger partial charge in [0.15, 0.2) is 0 Å². The third kappa shape index (κ3) is 2.43. The first-order valence-electron chi connectivity index (χ1n) is 7.25. The minimum Gasteiger partial charge on any atom is -0.314 e. The normalized spacial score (nSPS) is 33.9. The Balaban J connectivity index is 1.37. The molecule has 3 rings (SSSR count). The van der Waals surface area contributed by atoms with Gasteiger partial charge in [0.25, 0.3) is 0 Å². The van der Waals surface area contributed by atoms with E-state index in [9.17, 15) is 0 Å². The highest BCUT2D eigenvalue weighted by atomic mass is 15.0. The molecule has 3 fully saturated rings. The van der Waals surface area contributed by atoms with Crippen LogP contribution < -0.4 is 10.6 Å². The molecule has 0 aromatic carbocycles. The third-order valence-electron chi connectivity index (χ3n) is 4.94. The average Bonchev–Trinajstić information content (AvgIpc) is 3.16. The Kier molecular flexibility index (Phi) is 2.97. The molecule has 2 atom stereocenters. The molecule has 1 saturated heterocycles. The highest BCUT2D eigenvalue weighted by molar-refractivity contribution is 5.05. The molecule has 92 valence electrons. The highest BCUT2D eigenvalue weighted by Crippen LogP contribution is 2.60. The lowest BCUT2D eigenvalue weighted by molar-refractivity contribution is 0.356. The van der Waals surface area contributed by atoms with Crippen LogP contribution in [0.5, 0.6) is 0 Å². The summed E-state index contributed by atoms with van der Waals surface area (Å²) in [7, 11) is 0. The molecule has 16 heavy (non-hydrogen) atoms. The second kappa shape index (κ2) is 4.30. The minimum atomic E-state index is 0.701. The van der Waals surface area contributed by atoms with E-state index in [2.05, 4.69) is 17.6 Å². The van der Waals surface area contributed by atoms with Gasteiger partial charge < -0.3 is 10.6 Å². The van der Waals surface area contributed by atoms with Gasteiger partial charge in [-0.3, -0.25) is 0 Å². The lowest BCUT2D eigenvalue weighted by atomic mass is 9.99. The number of hydrogen-bond donors (Lipinski definition) is 2. The summed E-state index contributed by atoms with van der Waals surface area (Å²) in [6, 6.07) is 1.49. The SMILES string of the molecule is CC(CC1CCCN1)NCC1(C2CC2)CC1. The first-order chi connectivity index (χ1) is 7.78. The van der Waals surface area contributed by atoms with E-state index < -0.39 is 0 Å². The van der Waals surface area contributed by atoms with Crippen molar-refractivity contribution >= 4 is 0 Å². The van der Waals surface area contributed by atoms with Crippen LogP contribution in [0.25, 0.3) is 0 Å². The first kappa shape index (κ1) is 11.0. The predicted octanol–water partition coefficient (Wildman–Crippen LogP) is 2.30. The number of nitrogens with one attached hydrogen (secondary N) is 2. The Morgan fingerprint density at radius 2 is 2.12 bits per heavy atom. The summed E-state index contributed by atoms with van der Waals surface area (Å²) in [6.07, 6.45) is 10.1. The fourth-order valence-corrected chi connectivity index (χ4v) is 3.43. The molecule has 0 amide bonds. The Bertz CT molecular complexity index is 237. The molecular weight excluding hydrogens is 196 g/mol. The van der Waals surface area contributed by atoms with Crippen molar-refractivity contribution in [2.75, 3.05) is 13.1 Å². The van der Waals surface area contributed by atoms with Gasteiger partial charge in [0.1, 0.15) is 0 Å². The van der Waals surface area contributed by atoms with Crippen molar-refractivity contribution in [3.05, 3.63) is 0 Å². The summed E-state index contributed by atoms with van der Waals surface area (Å²) >= 11 is 0. The smallest absolute Gasteiger partial charge is 0.00822 e. The molecule has 2 N–H and O–H groups in total. The van der Waals surface area contributed by atoms with Gasteiger partial charge in [-0.2, -0.15) is 0 Å². The van der Waals surface area contributed by atoms with Crippen LogP contribution in [0.4, 0.5) is 0 Å². The largest absolute Gasteiger partial charge is 0.314 e. The quantitative estimate of drug-likeness (QED) is 0.720. The van der Waals surface area contributed by atoms with E-state index in [1.165, 1.54) is 58.0 Å². The van der Waals surface area contributed by atoms with E-state index in [0.717, 1.165) is 17.4 Å².